The third kappa shape index (κ3) is 1.78. The van der Waals surface area contributed by atoms with Gasteiger partial charge in [-0.25, -0.2) is 9.67 Å². The van der Waals surface area contributed by atoms with Gasteiger partial charge in [-0.15, -0.1) is 0 Å². The molecule has 0 bridgehead atoms. The molecule has 90 valence electrons. The largest absolute Gasteiger partial charge is 0.330 e. The van der Waals surface area contributed by atoms with Gasteiger partial charge in [0.2, 0.25) is 5.79 Å². The summed E-state index contributed by atoms with van der Waals surface area (Å²) in [6.45, 7) is 0. The van der Waals surface area contributed by atoms with Crippen molar-refractivity contribution in [2.75, 3.05) is 0 Å². The highest BCUT2D eigenvalue weighted by Crippen LogP contribution is 2.20. The molecule has 0 spiro atoms. The van der Waals surface area contributed by atoms with Gasteiger partial charge in [-0.3, -0.25) is 10.7 Å². The zero-order valence-corrected chi connectivity index (χ0v) is 9.56. The van der Waals surface area contributed by atoms with Crippen LogP contribution in [-0.2, 0) is 5.79 Å². The molecule has 2 aromatic heterocycles. The third-order valence-corrected chi connectivity index (χ3v) is 2.68. The van der Waals surface area contributed by atoms with Crippen LogP contribution in [0.3, 0.4) is 0 Å². The van der Waals surface area contributed by atoms with Gasteiger partial charge in [-0.2, -0.15) is 5.10 Å². The van der Waals surface area contributed by atoms with Gasteiger partial charge in [0.15, 0.2) is 0 Å². The molecule has 1 aliphatic rings. The van der Waals surface area contributed by atoms with Crippen LogP contribution >= 0.6 is 0 Å². The van der Waals surface area contributed by atoms with Crippen molar-refractivity contribution in [2.24, 2.45) is 10.7 Å². The van der Waals surface area contributed by atoms with E-state index in [0.29, 0.717) is 0 Å². The van der Waals surface area contributed by atoms with Gasteiger partial charge < -0.3 is 5.32 Å². The van der Waals surface area contributed by atoms with E-state index in [9.17, 15) is 0 Å². The molecule has 1 unspecified atom stereocenters. The van der Waals surface area contributed by atoms with Gasteiger partial charge in [-0.1, -0.05) is 6.07 Å². The highest BCUT2D eigenvalue weighted by molar-refractivity contribution is 5.81. The van der Waals surface area contributed by atoms with Crippen LogP contribution in [0.15, 0.2) is 54.1 Å². The van der Waals surface area contributed by atoms with E-state index in [4.69, 9.17) is 5.73 Å². The van der Waals surface area contributed by atoms with Gasteiger partial charge >= 0.3 is 0 Å². The molecule has 0 aromatic carbocycles. The molecule has 6 heteroatoms. The smallest absolute Gasteiger partial charge is 0.211 e. The molecule has 3 N–H and O–H groups in total. The number of pyridine rings is 1. The van der Waals surface area contributed by atoms with Crippen molar-refractivity contribution < 1.29 is 0 Å². The predicted molar refractivity (Wildman–Crippen MR) is 68.2 cm³/mol. The lowest BCUT2D eigenvalue weighted by molar-refractivity contribution is 0.409. The van der Waals surface area contributed by atoms with Crippen LogP contribution in [0.25, 0.3) is 5.82 Å². The maximum absolute atomic E-state index is 6.25. The number of nitrogens with zero attached hydrogens (tertiary/aromatic N) is 4. The molecular formula is C12H12N6. The van der Waals surface area contributed by atoms with E-state index >= 15 is 0 Å². The van der Waals surface area contributed by atoms with Crippen LogP contribution in [0.2, 0.25) is 0 Å². The Bertz CT molecular complexity index is 586. The van der Waals surface area contributed by atoms with E-state index < -0.39 is 5.79 Å². The normalized spacial score (nSPS) is 22.4. The van der Waals surface area contributed by atoms with Crippen LogP contribution in [-0.4, -0.2) is 21.0 Å². The molecule has 3 rings (SSSR count). The number of nitrogens with two attached hydrogens (primary N) is 1. The molecule has 0 amide bonds. The molecule has 0 saturated carbocycles. The summed E-state index contributed by atoms with van der Waals surface area (Å²) in [6, 6.07) is 5.55. The number of hydrogen-bond acceptors (Lipinski definition) is 5. The summed E-state index contributed by atoms with van der Waals surface area (Å²) in [6.07, 6.45) is 10.4. The number of hydrogen-bond donors (Lipinski definition) is 2. The molecule has 3 heterocycles. The lowest BCUT2D eigenvalue weighted by atomic mass is 10.1. The standard InChI is InChI=1S/C12H12N6/c13-12(10-3-1-5-14-9-10)15-7-4-11(17-12)18-8-2-6-16-18/h1-9,17H,13H2. The zero-order valence-electron chi connectivity index (χ0n) is 9.56. The zero-order chi connectivity index (χ0) is 12.4. The first-order valence-electron chi connectivity index (χ1n) is 5.51. The van der Waals surface area contributed by atoms with E-state index in [-0.39, 0.29) is 0 Å². The number of rotatable bonds is 2. The molecule has 1 atom stereocenters. The maximum atomic E-state index is 6.25. The average molecular weight is 240 g/mol. The molecule has 18 heavy (non-hydrogen) atoms. The first kappa shape index (κ1) is 10.7. The van der Waals surface area contributed by atoms with E-state index in [1.54, 1.807) is 29.5 Å². The van der Waals surface area contributed by atoms with Crippen molar-refractivity contribution in [1.82, 2.24) is 20.1 Å². The summed E-state index contributed by atoms with van der Waals surface area (Å²) < 4.78 is 1.70. The second kappa shape index (κ2) is 4.08. The van der Waals surface area contributed by atoms with Crippen molar-refractivity contribution in [3.63, 3.8) is 0 Å². The van der Waals surface area contributed by atoms with E-state index in [1.165, 1.54) is 0 Å². The van der Waals surface area contributed by atoms with Crippen LogP contribution in [0.4, 0.5) is 0 Å². The van der Waals surface area contributed by atoms with Crippen molar-refractivity contribution in [3.05, 3.63) is 54.6 Å². The lowest BCUT2D eigenvalue weighted by Crippen LogP contribution is -2.50. The minimum absolute atomic E-state index is 0.765. The fourth-order valence-corrected chi connectivity index (χ4v) is 1.77. The molecule has 0 aliphatic carbocycles. The van der Waals surface area contributed by atoms with Crippen LogP contribution in [0.5, 0.6) is 0 Å². The summed E-state index contributed by atoms with van der Waals surface area (Å²) in [7, 11) is 0. The molecule has 0 fully saturated rings. The van der Waals surface area contributed by atoms with Gasteiger partial charge in [-0.05, 0) is 18.2 Å². The summed E-state index contributed by atoms with van der Waals surface area (Å²) in [5.74, 6) is -0.244. The van der Waals surface area contributed by atoms with Crippen LogP contribution in [0.1, 0.15) is 5.56 Å². The Morgan fingerprint density at radius 2 is 2.22 bits per heavy atom. The summed E-state index contributed by atoms with van der Waals surface area (Å²) in [5.41, 5.74) is 7.04. The van der Waals surface area contributed by atoms with E-state index in [0.717, 1.165) is 11.4 Å². The van der Waals surface area contributed by atoms with Crippen molar-refractivity contribution in [2.45, 2.75) is 5.79 Å². The van der Waals surface area contributed by atoms with Crippen LogP contribution in [0, 0.1) is 0 Å². The quantitative estimate of drug-likeness (QED) is 0.801. The fourth-order valence-electron chi connectivity index (χ4n) is 1.77. The molecule has 1 aliphatic heterocycles. The minimum Gasteiger partial charge on any atom is -0.330 e. The Labute approximate surface area is 104 Å². The molecule has 2 aromatic rings. The van der Waals surface area contributed by atoms with Gasteiger partial charge in [0, 0.05) is 36.6 Å². The number of allylic oxidation sites excluding steroid dienone is 1. The first-order chi connectivity index (χ1) is 8.78. The van der Waals surface area contributed by atoms with Crippen molar-refractivity contribution in [1.29, 1.82) is 0 Å². The monoisotopic (exact) mass is 240 g/mol. The molecule has 0 radical (unpaired) electrons. The van der Waals surface area contributed by atoms with Crippen molar-refractivity contribution >= 4 is 12.0 Å². The Morgan fingerprint density at radius 1 is 1.28 bits per heavy atom. The maximum Gasteiger partial charge on any atom is 0.211 e. The fraction of sp³-hybridized carbons (Fsp3) is 0.0833. The topological polar surface area (TPSA) is 81.1 Å². The average Bonchev–Trinajstić information content (AvgIpc) is 2.94. The molecular weight excluding hydrogens is 228 g/mol. The van der Waals surface area contributed by atoms with Crippen molar-refractivity contribution in [3.8, 4) is 0 Å². The first-order valence-corrected chi connectivity index (χ1v) is 5.51. The van der Waals surface area contributed by atoms with E-state index in [1.807, 2.05) is 30.5 Å². The summed E-state index contributed by atoms with van der Waals surface area (Å²) in [4.78, 5) is 8.33. The molecule has 6 nitrogen and oxygen atoms in total. The van der Waals surface area contributed by atoms with Gasteiger partial charge in [0.05, 0.1) is 0 Å². The summed E-state index contributed by atoms with van der Waals surface area (Å²) >= 11 is 0. The van der Waals surface area contributed by atoms with Crippen LogP contribution < -0.4 is 11.1 Å². The second-order valence-electron chi connectivity index (χ2n) is 3.91. The minimum atomic E-state index is -1.01. The Balaban J connectivity index is 1.94. The number of nitrogens with one attached hydrogen (secondary N) is 1. The SMILES string of the molecule is NC1(c2cccnc2)N=CC=C(n2cccn2)N1. The number of aromatic nitrogens is 3. The summed E-state index contributed by atoms with van der Waals surface area (Å²) in [5, 5.41) is 7.30. The molecule has 0 saturated heterocycles. The second-order valence-corrected chi connectivity index (χ2v) is 3.91. The number of aliphatic imine (C=N–C) groups is 1. The van der Waals surface area contributed by atoms with Gasteiger partial charge in [0.25, 0.3) is 0 Å². The Morgan fingerprint density at radius 3 is 2.94 bits per heavy atom. The Hall–Kier alpha value is -2.47. The predicted octanol–water partition coefficient (Wildman–Crippen LogP) is 0.520. The highest BCUT2D eigenvalue weighted by atomic mass is 15.4. The highest BCUT2D eigenvalue weighted by Gasteiger charge is 2.29. The Kier molecular flexibility index (Phi) is 2.42. The van der Waals surface area contributed by atoms with E-state index in [2.05, 4.69) is 20.4 Å². The lowest BCUT2D eigenvalue weighted by Gasteiger charge is -2.30. The third-order valence-electron chi connectivity index (χ3n) is 2.68. The van der Waals surface area contributed by atoms with Gasteiger partial charge in [0.1, 0.15) is 5.82 Å².